The van der Waals surface area contributed by atoms with E-state index in [4.69, 9.17) is 4.74 Å². The molecular formula is C23H30N3O3S+. The molecule has 0 atom stereocenters. The van der Waals surface area contributed by atoms with Gasteiger partial charge in [0.05, 0.1) is 44.8 Å². The van der Waals surface area contributed by atoms with Gasteiger partial charge in [0.2, 0.25) is 11.8 Å². The molecule has 1 heterocycles. The van der Waals surface area contributed by atoms with Crippen LogP contribution in [0, 0.1) is 6.92 Å². The fourth-order valence-corrected chi connectivity index (χ4v) is 4.15. The molecule has 0 saturated carbocycles. The van der Waals surface area contributed by atoms with Crippen molar-refractivity contribution >= 4 is 29.3 Å². The summed E-state index contributed by atoms with van der Waals surface area (Å²) in [6.45, 7) is 6.38. The lowest BCUT2D eigenvalue weighted by molar-refractivity contribution is -0.917. The summed E-state index contributed by atoms with van der Waals surface area (Å²) in [4.78, 5) is 27.9. The molecule has 1 aliphatic rings. The summed E-state index contributed by atoms with van der Waals surface area (Å²) in [6.07, 6.45) is 0. The van der Waals surface area contributed by atoms with Gasteiger partial charge in [0.25, 0.3) is 0 Å². The maximum absolute atomic E-state index is 12.5. The summed E-state index contributed by atoms with van der Waals surface area (Å²) in [5.74, 6) is 1.53. The molecule has 0 aromatic heterocycles. The number of benzene rings is 2. The molecule has 0 bridgehead atoms. The zero-order valence-corrected chi connectivity index (χ0v) is 18.5. The maximum atomic E-state index is 12.5. The Bertz CT molecular complexity index is 832. The van der Waals surface area contributed by atoms with Crippen molar-refractivity contribution < 1.29 is 19.2 Å². The number of thioether (sulfide) groups is 1. The molecule has 1 fully saturated rings. The van der Waals surface area contributed by atoms with Crippen LogP contribution in [0.4, 0.5) is 5.69 Å². The zero-order valence-electron chi connectivity index (χ0n) is 17.6. The van der Waals surface area contributed by atoms with Gasteiger partial charge in [0.15, 0.2) is 0 Å². The number of rotatable bonds is 8. The van der Waals surface area contributed by atoms with Gasteiger partial charge >= 0.3 is 0 Å². The fraction of sp³-hybridized carbons (Fsp3) is 0.391. The highest BCUT2D eigenvalue weighted by atomic mass is 32.2. The van der Waals surface area contributed by atoms with E-state index < -0.39 is 0 Å². The largest absolute Gasteiger partial charge is 0.497 e. The molecule has 1 saturated heterocycles. The summed E-state index contributed by atoms with van der Waals surface area (Å²) in [5.41, 5.74) is 3.22. The van der Waals surface area contributed by atoms with Crippen LogP contribution in [0.3, 0.4) is 0 Å². The summed E-state index contributed by atoms with van der Waals surface area (Å²) >= 11 is 1.37. The molecule has 0 spiro atoms. The highest BCUT2D eigenvalue weighted by Gasteiger charge is 2.23. The Morgan fingerprint density at radius 3 is 2.33 bits per heavy atom. The normalized spacial score (nSPS) is 14.4. The van der Waals surface area contributed by atoms with E-state index in [1.54, 1.807) is 7.11 Å². The maximum Gasteiger partial charge on any atom is 0.234 e. The Morgan fingerprint density at radius 2 is 1.70 bits per heavy atom. The lowest BCUT2D eigenvalue weighted by atomic mass is 10.2. The number of hydrogen-bond donors (Lipinski definition) is 2. The molecule has 2 amide bonds. The van der Waals surface area contributed by atoms with Crippen molar-refractivity contribution in [3.05, 3.63) is 59.7 Å². The molecule has 2 N–H and O–H groups in total. The topological polar surface area (TPSA) is 63.1 Å². The van der Waals surface area contributed by atoms with Crippen LogP contribution >= 0.6 is 11.8 Å². The SMILES string of the molecule is COc1ccc(C[NH+]2CCN(C(=O)CSCC(=O)Nc3ccc(C)cc3)CC2)cc1. The van der Waals surface area contributed by atoms with Gasteiger partial charge in [-0.05, 0) is 43.3 Å². The molecule has 160 valence electrons. The van der Waals surface area contributed by atoms with Crippen molar-refractivity contribution in [1.29, 1.82) is 0 Å². The Morgan fingerprint density at radius 1 is 1.03 bits per heavy atom. The summed E-state index contributed by atoms with van der Waals surface area (Å²) in [6, 6.07) is 15.9. The van der Waals surface area contributed by atoms with E-state index in [0.717, 1.165) is 49.7 Å². The first-order chi connectivity index (χ1) is 14.5. The second-order valence-electron chi connectivity index (χ2n) is 7.56. The molecule has 30 heavy (non-hydrogen) atoms. The molecule has 1 aliphatic heterocycles. The van der Waals surface area contributed by atoms with Crippen molar-refractivity contribution in [2.45, 2.75) is 13.5 Å². The number of anilines is 1. The van der Waals surface area contributed by atoms with Crippen LogP contribution in [0.1, 0.15) is 11.1 Å². The highest BCUT2D eigenvalue weighted by molar-refractivity contribution is 8.00. The molecule has 2 aromatic rings. The van der Waals surface area contributed by atoms with Gasteiger partial charge < -0.3 is 19.9 Å². The minimum absolute atomic E-state index is 0.0783. The summed E-state index contributed by atoms with van der Waals surface area (Å²) < 4.78 is 5.20. The number of carbonyl (C=O) groups excluding carboxylic acids is 2. The van der Waals surface area contributed by atoms with E-state index >= 15 is 0 Å². The van der Waals surface area contributed by atoms with Gasteiger partial charge in [-0.25, -0.2) is 0 Å². The first kappa shape index (κ1) is 22.2. The third-order valence-corrected chi connectivity index (χ3v) is 6.15. The summed E-state index contributed by atoms with van der Waals surface area (Å²) in [7, 11) is 1.67. The molecule has 6 nitrogen and oxygen atoms in total. The van der Waals surface area contributed by atoms with Crippen molar-refractivity contribution in [2.24, 2.45) is 0 Å². The molecule has 0 unspecified atom stereocenters. The number of nitrogens with one attached hydrogen (secondary N) is 2. The quantitative estimate of drug-likeness (QED) is 0.671. The van der Waals surface area contributed by atoms with Crippen LogP contribution in [-0.2, 0) is 16.1 Å². The number of nitrogens with zero attached hydrogens (tertiary/aromatic N) is 1. The van der Waals surface area contributed by atoms with Crippen LogP contribution in [0.15, 0.2) is 48.5 Å². The first-order valence-electron chi connectivity index (χ1n) is 10.2. The van der Waals surface area contributed by atoms with Gasteiger partial charge in [-0.15, -0.1) is 11.8 Å². The second kappa shape index (κ2) is 11.0. The average Bonchev–Trinajstić information content (AvgIpc) is 2.76. The van der Waals surface area contributed by atoms with Crippen LogP contribution in [0.2, 0.25) is 0 Å². The number of amides is 2. The first-order valence-corrected chi connectivity index (χ1v) is 11.4. The molecular weight excluding hydrogens is 398 g/mol. The predicted molar refractivity (Wildman–Crippen MR) is 121 cm³/mol. The van der Waals surface area contributed by atoms with Gasteiger partial charge in [-0.1, -0.05) is 17.7 Å². The number of hydrogen-bond acceptors (Lipinski definition) is 4. The monoisotopic (exact) mass is 428 g/mol. The fourth-order valence-electron chi connectivity index (χ4n) is 3.44. The van der Waals surface area contributed by atoms with Crippen LogP contribution in [0.25, 0.3) is 0 Å². The molecule has 7 heteroatoms. The van der Waals surface area contributed by atoms with Gasteiger partial charge in [0, 0.05) is 11.3 Å². The number of quaternary nitrogens is 1. The van der Waals surface area contributed by atoms with Gasteiger partial charge in [-0.2, -0.15) is 0 Å². The van der Waals surface area contributed by atoms with Crippen LogP contribution in [0.5, 0.6) is 5.75 Å². The van der Waals surface area contributed by atoms with Gasteiger partial charge in [-0.3, -0.25) is 9.59 Å². The molecule has 0 aliphatic carbocycles. The lowest BCUT2D eigenvalue weighted by Crippen LogP contribution is -3.13. The molecule has 0 radical (unpaired) electrons. The highest BCUT2D eigenvalue weighted by Crippen LogP contribution is 2.11. The van der Waals surface area contributed by atoms with E-state index in [2.05, 4.69) is 17.4 Å². The minimum Gasteiger partial charge on any atom is -0.497 e. The average molecular weight is 429 g/mol. The van der Waals surface area contributed by atoms with Gasteiger partial charge in [0.1, 0.15) is 12.3 Å². The standard InChI is InChI=1S/C23H29N3O3S/c1-18-3-7-20(8-4-18)24-22(27)16-30-17-23(28)26-13-11-25(12-14-26)15-19-5-9-21(29-2)10-6-19/h3-10H,11-17H2,1-2H3,(H,24,27)/p+1. The zero-order chi connectivity index (χ0) is 21.3. The summed E-state index contributed by atoms with van der Waals surface area (Å²) in [5, 5.41) is 2.86. The van der Waals surface area contributed by atoms with Crippen LogP contribution in [-0.4, -0.2) is 61.5 Å². The van der Waals surface area contributed by atoms with E-state index in [1.165, 1.54) is 22.2 Å². The minimum atomic E-state index is -0.0783. The Kier molecular flexibility index (Phi) is 8.16. The van der Waals surface area contributed by atoms with E-state index in [9.17, 15) is 9.59 Å². The Labute approximate surface area is 182 Å². The number of piperazine rings is 1. The van der Waals surface area contributed by atoms with Crippen molar-refractivity contribution in [1.82, 2.24) is 4.90 Å². The molecule has 2 aromatic carbocycles. The number of aryl methyl sites for hydroxylation is 1. The van der Waals surface area contributed by atoms with Crippen LogP contribution < -0.4 is 15.0 Å². The predicted octanol–water partition coefficient (Wildman–Crippen LogP) is 1.60. The molecule has 3 rings (SSSR count). The van der Waals surface area contributed by atoms with Crippen molar-refractivity contribution in [3.63, 3.8) is 0 Å². The van der Waals surface area contributed by atoms with E-state index in [0.29, 0.717) is 5.75 Å². The number of carbonyl (C=O) groups is 2. The Balaban J connectivity index is 1.33. The smallest absolute Gasteiger partial charge is 0.234 e. The third kappa shape index (κ3) is 6.78. The van der Waals surface area contributed by atoms with E-state index in [1.807, 2.05) is 48.2 Å². The van der Waals surface area contributed by atoms with E-state index in [-0.39, 0.29) is 17.6 Å². The number of ether oxygens (including phenoxy) is 1. The van der Waals surface area contributed by atoms with Crippen molar-refractivity contribution in [2.75, 3.05) is 50.1 Å². The second-order valence-corrected chi connectivity index (χ2v) is 8.55. The third-order valence-electron chi connectivity index (χ3n) is 5.23. The lowest BCUT2D eigenvalue weighted by Gasteiger charge is -2.32. The number of methoxy groups -OCH3 is 1. The van der Waals surface area contributed by atoms with Crippen molar-refractivity contribution in [3.8, 4) is 5.75 Å². The Hall–Kier alpha value is -2.51.